The minimum Gasteiger partial charge on any atom is -0.496 e. The van der Waals surface area contributed by atoms with Crippen LogP contribution in [0.15, 0.2) is 42.5 Å². The van der Waals surface area contributed by atoms with E-state index in [1.54, 1.807) is 19.2 Å². The van der Waals surface area contributed by atoms with E-state index in [9.17, 15) is 10.1 Å². The Morgan fingerprint density at radius 3 is 2.76 bits per heavy atom. The molecule has 1 aliphatic heterocycles. The van der Waals surface area contributed by atoms with Crippen LogP contribution < -0.4 is 15.4 Å². The van der Waals surface area contributed by atoms with Crippen molar-refractivity contribution >= 4 is 23.0 Å². The van der Waals surface area contributed by atoms with E-state index >= 15 is 0 Å². The lowest BCUT2D eigenvalue weighted by Gasteiger charge is -2.36. The van der Waals surface area contributed by atoms with Crippen molar-refractivity contribution in [2.24, 2.45) is 0 Å². The van der Waals surface area contributed by atoms with Gasteiger partial charge < -0.3 is 15.4 Å². The van der Waals surface area contributed by atoms with Crippen LogP contribution in [0.2, 0.25) is 5.02 Å². The van der Waals surface area contributed by atoms with E-state index < -0.39 is 0 Å². The summed E-state index contributed by atoms with van der Waals surface area (Å²) < 4.78 is 5.45. The Morgan fingerprint density at radius 1 is 1.28 bits per heavy atom. The summed E-state index contributed by atoms with van der Waals surface area (Å²) in [5.74, 6) is 0.893. The largest absolute Gasteiger partial charge is 0.496 e. The van der Waals surface area contributed by atoms with Crippen LogP contribution >= 0.6 is 11.6 Å². The van der Waals surface area contributed by atoms with Crippen LogP contribution in [-0.2, 0) is 6.42 Å². The number of nitro benzene ring substituents is 1. The molecule has 0 aromatic heterocycles. The average molecular weight is 419 g/mol. The van der Waals surface area contributed by atoms with Crippen LogP contribution in [0.5, 0.6) is 5.75 Å². The van der Waals surface area contributed by atoms with Crippen molar-refractivity contribution in [2.45, 2.75) is 25.4 Å². The maximum Gasteiger partial charge on any atom is 0.292 e. The summed E-state index contributed by atoms with van der Waals surface area (Å²) in [6.07, 6.45) is 2.65. The van der Waals surface area contributed by atoms with Gasteiger partial charge in [0.2, 0.25) is 0 Å². The highest BCUT2D eigenvalue weighted by molar-refractivity contribution is 6.31. The van der Waals surface area contributed by atoms with Gasteiger partial charge in [-0.25, -0.2) is 0 Å². The number of aryl methyl sites for hydroxylation is 1. The second-order valence-corrected chi connectivity index (χ2v) is 7.51. The number of hydrogen-bond donors (Lipinski definition) is 2. The summed E-state index contributed by atoms with van der Waals surface area (Å²) in [7, 11) is 1.68. The lowest BCUT2D eigenvalue weighted by molar-refractivity contribution is -0.384. The number of hydrogen-bond acceptors (Lipinski definition) is 6. The molecular formula is C21H27ClN4O3. The number of methoxy groups -OCH3 is 1. The third kappa shape index (κ3) is 5.82. The predicted octanol–water partition coefficient (Wildman–Crippen LogP) is 3.92. The molecule has 1 aliphatic rings. The van der Waals surface area contributed by atoms with Crippen molar-refractivity contribution in [3.63, 3.8) is 0 Å². The molecule has 7 nitrogen and oxygen atoms in total. The highest BCUT2D eigenvalue weighted by Crippen LogP contribution is 2.29. The number of rotatable bonds is 9. The van der Waals surface area contributed by atoms with Gasteiger partial charge in [-0.1, -0.05) is 29.8 Å². The number of nitrogens with one attached hydrogen (secondary N) is 2. The predicted molar refractivity (Wildman–Crippen MR) is 116 cm³/mol. The van der Waals surface area contributed by atoms with Crippen LogP contribution in [-0.4, -0.2) is 49.3 Å². The number of para-hydroxylation sites is 1. The standard InChI is InChI=1S/C21H27ClN4O3/c1-29-20-7-3-2-5-16(20)6-4-8-21(25-13-11-23-12-14-25)24-18-15-17(22)9-10-19(18)26(27)28/h2-3,5,7,9-10,15,21,23-24H,4,6,8,11-14H2,1H3. The lowest BCUT2D eigenvalue weighted by atomic mass is 10.1. The van der Waals surface area contributed by atoms with Crippen LogP contribution in [0.25, 0.3) is 0 Å². The molecule has 1 fully saturated rings. The Morgan fingerprint density at radius 2 is 2.03 bits per heavy atom. The summed E-state index contributed by atoms with van der Waals surface area (Å²) in [5.41, 5.74) is 1.67. The molecule has 0 aliphatic carbocycles. The molecule has 1 atom stereocenters. The molecule has 0 radical (unpaired) electrons. The molecule has 3 rings (SSSR count). The quantitative estimate of drug-likeness (QED) is 0.474. The average Bonchev–Trinajstić information content (AvgIpc) is 2.74. The minimum atomic E-state index is -0.373. The molecule has 0 amide bonds. The maximum absolute atomic E-state index is 11.4. The highest BCUT2D eigenvalue weighted by atomic mass is 35.5. The zero-order chi connectivity index (χ0) is 20.6. The van der Waals surface area contributed by atoms with Gasteiger partial charge >= 0.3 is 0 Å². The summed E-state index contributed by atoms with van der Waals surface area (Å²) >= 11 is 6.11. The molecule has 1 saturated heterocycles. The third-order valence-corrected chi connectivity index (χ3v) is 5.42. The highest BCUT2D eigenvalue weighted by Gasteiger charge is 2.23. The van der Waals surface area contributed by atoms with Gasteiger partial charge in [-0.2, -0.15) is 0 Å². The molecular weight excluding hydrogens is 392 g/mol. The van der Waals surface area contributed by atoms with Crippen molar-refractivity contribution < 1.29 is 9.66 Å². The maximum atomic E-state index is 11.4. The molecule has 2 aromatic rings. The first-order chi connectivity index (χ1) is 14.1. The second kappa shape index (κ2) is 10.4. The molecule has 0 spiro atoms. The van der Waals surface area contributed by atoms with Gasteiger partial charge in [-0.05, 0) is 43.0 Å². The Kier molecular flexibility index (Phi) is 7.69. The Bertz CT molecular complexity index is 827. The van der Waals surface area contributed by atoms with Crippen LogP contribution in [0.3, 0.4) is 0 Å². The number of nitrogens with zero attached hydrogens (tertiary/aromatic N) is 2. The second-order valence-electron chi connectivity index (χ2n) is 7.07. The first-order valence-corrected chi connectivity index (χ1v) is 10.2. The topological polar surface area (TPSA) is 79.7 Å². The molecule has 1 unspecified atom stereocenters. The molecule has 2 N–H and O–H groups in total. The van der Waals surface area contributed by atoms with Crippen molar-refractivity contribution in [2.75, 3.05) is 38.6 Å². The summed E-state index contributed by atoms with van der Waals surface area (Å²) in [5, 5.41) is 18.7. The molecule has 8 heteroatoms. The normalized spacial score (nSPS) is 15.7. The van der Waals surface area contributed by atoms with Crippen LogP contribution in [0, 0.1) is 10.1 Å². The fourth-order valence-electron chi connectivity index (χ4n) is 3.70. The fraction of sp³-hybridized carbons (Fsp3) is 0.429. The SMILES string of the molecule is COc1ccccc1CCCC(Nc1cc(Cl)ccc1[N+](=O)[O-])N1CCNCC1. The molecule has 29 heavy (non-hydrogen) atoms. The van der Waals surface area contributed by atoms with Crippen molar-refractivity contribution in [1.29, 1.82) is 0 Å². The third-order valence-electron chi connectivity index (χ3n) is 5.19. The van der Waals surface area contributed by atoms with E-state index in [4.69, 9.17) is 16.3 Å². The van der Waals surface area contributed by atoms with Crippen LogP contribution in [0.4, 0.5) is 11.4 Å². The van der Waals surface area contributed by atoms with Crippen LogP contribution in [0.1, 0.15) is 18.4 Å². The number of halogens is 1. The van der Waals surface area contributed by atoms with Gasteiger partial charge in [0.05, 0.1) is 18.2 Å². The zero-order valence-corrected chi connectivity index (χ0v) is 17.3. The fourth-order valence-corrected chi connectivity index (χ4v) is 3.87. The van der Waals surface area contributed by atoms with E-state index in [-0.39, 0.29) is 16.8 Å². The van der Waals surface area contributed by atoms with E-state index in [1.165, 1.54) is 11.6 Å². The number of benzene rings is 2. The zero-order valence-electron chi connectivity index (χ0n) is 16.6. The lowest BCUT2D eigenvalue weighted by Crippen LogP contribution is -2.51. The molecule has 2 aromatic carbocycles. The van der Waals surface area contributed by atoms with E-state index in [1.807, 2.05) is 18.2 Å². The van der Waals surface area contributed by atoms with E-state index in [0.29, 0.717) is 10.7 Å². The monoisotopic (exact) mass is 418 g/mol. The van der Waals surface area contributed by atoms with Gasteiger partial charge in [-0.15, -0.1) is 0 Å². The molecule has 1 heterocycles. The number of anilines is 1. The van der Waals surface area contributed by atoms with Crippen molar-refractivity contribution in [3.05, 3.63) is 63.2 Å². The number of piperazine rings is 1. The smallest absolute Gasteiger partial charge is 0.292 e. The molecule has 0 saturated carbocycles. The molecule has 0 bridgehead atoms. The molecule has 156 valence electrons. The van der Waals surface area contributed by atoms with Crippen molar-refractivity contribution in [1.82, 2.24) is 10.2 Å². The van der Waals surface area contributed by atoms with Gasteiger partial charge in [0.25, 0.3) is 5.69 Å². The van der Waals surface area contributed by atoms with Gasteiger partial charge in [0, 0.05) is 37.3 Å². The number of ether oxygens (including phenoxy) is 1. The Labute approximate surface area is 176 Å². The van der Waals surface area contributed by atoms with Crippen molar-refractivity contribution in [3.8, 4) is 5.75 Å². The summed E-state index contributed by atoms with van der Waals surface area (Å²) in [6, 6.07) is 12.7. The van der Waals surface area contributed by atoms with Gasteiger partial charge in [0.15, 0.2) is 0 Å². The minimum absolute atomic E-state index is 0.0102. The first kappa shape index (κ1) is 21.4. The number of nitro groups is 1. The van der Waals surface area contributed by atoms with E-state index in [2.05, 4.69) is 21.6 Å². The first-order valence-electron chi connectivity index (χ1n) is 9.85. The summed E-state index contributed by atoms with van der Waals surface area (Å²) in [4.78, 5) is 13.4. The van der Waals surface area contributed by atoms with Gasteiger partial charge in [-0.3, -0.25) is 15.0 Å². The summed E-state index contributed by atoms with van der Waals surface area (Å²) in [6.45, 7) is 3.59. The Balaban J connectivity index is 1.73. The Hall–Kier alpha value is -2.35. The van der Waals surface area contributed by atoms with Gasteiger partial charge in [0.1, 0.15) is 11.4 Å². The van der Waals surface area contributed by atoms with E-state index in [0.717, 1.165) is 51.2 Å².